The highest BCUT2D eigenvalue weighted by atomic mass is 32.1. The van der Waals surface area contributed by atoms with Crippen molar-refractivity contribution in [1.29, 1.82) is 0 Å². The van der Waals surface area contributed by atoms with Gasteiger partial charge in [0.05, 0.1) is 36.6 Å². The number of nitrogens with one attached hydrogen (secondary N) is 1. The van der Waals surface area contributed by atoms with Gasteiger partial charge >= 0.3 is 0 Å². The normalized spacial score (nSPS) is 10.7. The molecule has 0 radical (unpaired) electrons. The number of ether oxygens (including phenoxy) is 3. The van der Waals surface area contributed by atoms with Crippen LogP contribution in [0.5, 0.6) is 17.2 Å². The van der Waals surface area contributed by atoms with Crippen molar-refractivity contribution < 1.29 is 19.0 Å². The molecular formula is C21H24N2O4S. The zero-order chi connectivity index (χ0) is 19.9. The number of thiazole rings is 1. The van der Waals surface area contributed by atoms with E-state index in [1.807, 2.05) is 45.0 Å². The molecule has 2 aromatic carbocycles. The molecule has 1 N–H and O–H groups in total. The lowest BCUT2D eigenvalue weighted by molar-refractivity contribution is 0.0949. The van der Waals surface area contributed by atoms with E-state index >= 15 is 0 Å². The van der Waals surface area contributed by atoms with Crippen molar-refractivity contribution in [3.05, 3.63) is 47.0 Å². The van der Waals surface area contributed by atoms with E-state index in [1.54, 1.807) is 23.5 Å². The Balaban J connectivity index is 1.81. The van der Waals surface area contributed by atoms with Crippen LogP contribution < -0.4 is 19.5 Å². The molecule has 0 spiro atoms. The van der Waals surface area contributed by atoms with Crippen molar-refractivity contribution in [2.45, 2.75) is 27.3 Å². The highest BCUT2D eigenvalue weighted by Crippen LogP contribution is 2.39. The van der Waals surface area contributed by atoms with Crippen LogP contribution in [0.2, 0.25) is 0 Å². The molecule has 0 fully saturated rings. The standard InChI is InChI=1S/C21H24N2O4S/c1-4-25-16-11-14(12-17(26-5-2)20(16)27-6-3)21(24)22-13-19-23-15-9-7-8-10-18(15)28-19/h7-12H,4-6,13H2,1-3H3,(H,22,24). The number of hydrogen-bond acceptors (Lipinski definition) is 6. The summed E-state index contributed by atoms with van der Waals surface area (Å²) < 4.78 is 18.1. The molecule has 0 unspecified atom stereocenters. The topological polar surface area (TPSA) is 69.7 Å². The molecule has 7 heteroatoms. The molecule has 6 nitrogen and oxygen atoms in total. The summed E-state index contributed by atoms with van der Waals surface area (Å²) in [6, 6.07) is 11.3. The van der Waals surface area contributed by atoms with Gasteiger partial charge in [-0.05, 0) is 45.0 Å². The molecule has 0 aliphatic carbocycles. The minimum atomic E-state index is -0.218. The second kappa shape index (κ2) is 9.41. The Bertz CT molecular complexity index is 894. The van der Waals surface area contributed by atoms with Crippen molar-refractivity contribution >= 4 is 27.5 Å². The summed E-state index contributed by atoms with van der Waals surface area (Å²) in [6.45, 7) is 7.42. The fourth-order valence-corrected chi connectivity index (χ4v) is 3.68. The van der Waals surface area contributed by atoms with E-state index in [0.29, 0.717) is 49.2 Å². The largest absolute Gasteiger partial charge is 0.490 e. The van der Waals surface area contributed by atoms with Crippen molar-refractivity contribution in [2.75, 3.05) is 19.8 Å². The Kier molecular flexibility index (Phi) is 6.71. The Labute approximate surface area is 168 Å². The molecule has 0 saturated heterocycles. The Morgan fingerprint density at radius 2 is 1.64 bits per heavy atom. The van der Waals surface area contributed by atoms with Crippen LogP contribution in [0.15, 0.2) is 36.4 Å². The lowest BCUT2D eigenvalue weighted by Gasteiger charge is -2.17. The van der Waals surface area contributed by atoms with Gasteiger partial charge < -0.3 is 19.5 Å². The summed E-state index contributed by atoms with van der Waals surface area (Å²) in [5.74, 6) is 1.30. The number of fused-ring (bicyclic) bond motifs is 1. The summed E-state index contributed by atoms with van der Waals surface area (Å²) in [5.41, 5.74) is 1.39. The number of para-hydroxylation sites is 1. The molecule has 1 aromatic heterocycles. The maximum absolute atomic E-state index is 12.7. The monoisotopic (exact) mass is 400 g/mol. The number of amides is 1. The van der Waals surface area contributed by atoms with E-state index in [4.69, 9.17) is 14.2 Å². The van der Waals surface area contributed by atoms with Crippen LogP contribution in [0, 0.1) is 0 Å². The van der Waals surface area contributed by atoms with E-state index in [2.05, 4.69) is 10.3 Å². The maximum atomic E-state index is 12.7. The van der Waals surface area contributed by atoms with Gasteiger partial charge in [-0.1, -0.05) is 12.1 Å². The SMILES string of the molecule is CCOc1cc(C(=O)NCc2nc3ccccc3s2)cc(OCC)c1OCC. The Hall–Kier alpha value is -2.80. The average molecular weight is 401 g/mol. The lowest BCUT2D eigenvalue weighted by Crippen LogP contribution is -2.23. The molecule has 0 saturated carbocycles. The molecule has 3 aromatic rings. The summed E-state index contributed by atoms with van der Waals surface area (Å²) in [4.78, 5) is 17.3. The van der Waals surface area contributed by atoms with Crippen LogP contribution in [0.1, 0.15) is 36.1 Å². The first-order chi connectivity index (χ1) is 13.7. The molecule has 28 heavy (non-hydrogen) atoms. The molecule has 148 valence electrons. The Morgan fingerprint density at radius 3 is 2.25 bits per heavy atom. The van der Waals surface area contributed by atoms with E-state index in [1.165, 1.54) is 0 Å². The number of rotatable bonds is 9. The van der Waals surface area contributed by atoms with Crippen LogP contribution >= 0.6 is 11.3 Å². The summed E-state index contributed by atoms with van der Waals surface area (Å²) in [5, 5.41) is 3.78. The molecule has 1 heterocycles. The first-order valence-corrected chi connectivity index (χ1v) is 10.2. The molecule has 0 atom stereocenters. The van der Waals surface area contributed by atoms with Crippen molar-refractivity contribution in [3.63, 3.8) is 0 Å². The predicted octanol–water partition coefficient (Wildman–Crippen LogP) is 4.42. The van der Waals surface area contributed by atoms with Gasteiger partial charge in [0.2, 0.25) is 5.75 Å². The molecule has 0 bridgehead atoms. The summed E-state index contributed by atoms with van der Waals surface area (Å²) in [6.07, 6.45) is 0. The van der Waals surface area contributed by atoms with Gasteiger partial charge in [-0.25, -0.2) is 4.98 Å². The van der Waals surface area contributed by atoms with E-state index < -0.39 is 0 Å². The van der Waals surface area contributed by atoms with Crippen LogP contribution in [-0.2, 0) is 6.54 Å². The zero-order valence-electron chi connectivity index (χ0n) is 16.3. The third kappa shape index (κ3) is 4.54. The molecule has 0 aliphatic heterocycles. The Morgan fingerprint density at radius 1 is 1.00 bits per heavy atom. The number of benzene rings is 2. The predicted molar refractivity (Wildman–Crippen MR) is 111 cm³/mol. The van der Waals surface area contributed by atoms with Crippen molar-refractivity contribution in [2.24, 2.45) is 0 Å². The molecule has 1 amide bonds. The highest BCUT2D eigenvalue weighted by molar-refractivity contribution is 7.18. The van der Waals surface area contributed by atoms with E-state index in [0.717, 1.165) is 15.2 Å². The van der Waals surface area contributed by atoms with E-state index in [9.17, 15) is 4.79 Å². The summed E-state index contributed by atoms with van der Waals surface area (Å²) in [7, 11) is 0. The number of hydrogen-bond donors (Lipinski definition) is 1. The van der Waals surface area contributed by atoms with Gasteiger partial charge in [-0.2, -0.15) is 0 Å². The second-order valence-electron chi connectivity index (χ2n) is 5.86. The molecule has 0 aliphatic rings. The van der Waals surface area contributed by atoms with Gasteiger partial charge in [0, 0.05) is 5.56 Å². The lowest BCUT2D eigenvalue weighted by atomic mass is 10.1. The zero-order valence-corrected chi connectivity index (χ0v) is 17.1. The van der Waals surface area contributed by atoms with Crippen molar-refractivity contribution in [1.82, 2.24) is 10.3 Å². The van der Waals surface area contributed by atoms with Crippen LogP contribution in [0.4, 0.5) is 0 Å². The smallest absolute Gasteiger partial charge is 0.251 e. The number of carbonyl (C=O) groups excluding carboxylic acids is 1. The van der Waals surface area contributed by atoms with Crippen molar-refractivity contribution in [3.8, 4) is 17.2 Å². The average Bonchev–Trinajstić information content (AvgIpc) is 3.11. The van der Waals surface area contributed by atoms with Gasteiger partial charge in [0.15, 0.2) is 11.5 Å². The van der Waals surface area contributed by atoms with Crippen LogP contribution in [0.3, 0.4) is 0 Å². The quantitative estimate of drug-likeness (QED) is 0.576. The maximum Gasteiger partial charge on any atom is 0.251 e. The minimum absolute atomic E-state index is 0.218. The summed E-state index contributed by atoms with van der Waals surface area (Å²) >= 11 is 1.57. The van der Waals surface area contributed by atoms with Gasteiger partial charge in [0.1, 0.15) is 5.01 Å². The fraction of sp³-hybridized carbons (Fsp3) is 0.333. The third-order valence-corrected chi connectivity index (χ3v) is 4.95. The molecular weight excluding hydrogens is 376 g/mol. The number of carbonyl (C=O) groups is 1. The van der Waals surface area contributed by atoms with E-state index in [-0.39, 0.29) is 5.91 Å². The highest BCUT2D eigenvalue weighted by Gasteiger charge is 2.18. The number of aromatic nitrogens is 1. The first-order valence-electron chi connectivity index (χ1n) is 9.35. The number of nitrogens with zero attached hydrogens (tertiary/aromatic N) is 1. The van der Waals surface area contributed by atoms with Crippen LogP contribution in [0.25, 0.3) is 10.2 Å². The second-order valence-corrected chi connectivity index (χ2v) is 6.97. The van der Waals surface area contributed by atoms with Crippen LogP contribution in [-0.4, -0.2) is 30.7 Å². The van der Waals surface area contributed by atoms with Gasteiger partial charge in [-0.15, -0.1) is 11.3 Å². The fourth-order valence-electron chi connectivity index (χ4n) is 2.77. The molecule has 3 rings (SSSR count). The first kappa shape index (κ1) is 19.9. The van der Waals surface area contributed by atoms with Gasteiger partial charge in [-0.3, -0.25) is 4.79 Å². The minimum Gasteiger partial charge on any atom is -0.490 e. The van der Waals surface area contributed by atoms with Gasteiger partial charge in [0.25, 0.3) is 5.91 Å². The third-order valence-electron chi connectivity index (χ3n) is 3.91.